The normalized spacial score (nSPS) is 22.9. The molecule has 15 heavy (non-hydrogen) atoms. The number of nitrogens with two attached hydrogens (primary N) is 1. The number of amides is 2. The van der Waals surface area contributed by atoms with Crippen LogP contribution >= 0.6 is 0 Å². The maximum atomic E-state index is 11.5. The number of fused-ring (bicyclic) bond motifs is 4. The molecule has 6 heteroatoms. The van der Waals surface area contributed by atoms with E-state index in [1.165, 1.54) is 0 Å². The smallest absolute Gasteiger partial charge is 0.318 e. The lowest BCUT2D eigenvalue weighted by molar-refractivity contribution is 0.213. The molecule has 0 saturated carbocycles. The van der Waals surface area contributed by atoms with E-state index in [9.17, 15) is 4.79 Å². The molecule has 80 valence electrons. The van der Waals surface area contributed by atoms with Crippen molar-refractivity contribution in [2.75, 3.05) is 13.1 Å². The van der Waals surface area contributed by atoms with E-state index in [-0.39, 0.29) is 12.1 Å². The Kier molecular flexibility index (Phi) is 1.72. The van der Waals surface area contributed by atoms with Crippen molar-refractivity contribution in [2.24, 2.45) is 5.73 Å². The number of hydrogen-bond acceptors (Lipinski definition) is 3. The second-order valence-electron chi connectivity index (χ2n) is 3.94. The number of nitrogens with zero attached hydrogens (tertiary/aromatic N) is 3. The molecule has 1 saturated heterocycles. The molecule has 2 amide bonds. The maximum absolute atomic E-state index is 11.5. The fourth-order valence-electron chi connectivity index (χ4n) is 2.29. The number of rotatable bonds is 2. The molecule has 2 aliphatic rings. The summed E-state index contributed by atoms with van der Waals surface area (Å²) in [5.74, 6) is 0. The van der Waals surface area contributed by atoms with Crippen LogP contribution in [0.3, 0.4) is 0 Å². The Morgan fingerprint density at radius 2 is 2.53 bits per heavy atom. The average Bonchev–Trinajstić information content (AvgIpc) is 2.74. The molecular formula is C9H13N5O. The van der Waals surface area contributed by atoms with E-state index >= 15 is 0 Å². The molecule has 1 fully saturated rings. The predicted molar refractivity (Wildman–Crippen MR) is 53.0 cm³/mol. The zero-order valence-electron chi connectivity index (χ0n) is 8.31. The Hall–Kier alpha value is -1.56. The van der Waals surface area contributed by atoms with Gasteiger partial charge in [-0.3, -0.25) is 4.68 Å². The highest BCUT2D eigenvalue weighted by Crippen LogP contribution is 2.30. The van der Waals surface area contributed by atoms with Crippen LogP contribution in [0, 0.1) is 0 Å². The first kappa shape index (κ1) is 8.72. The van der Waals surface area contributed by atoms with E-state index in [0.29, 0.717) is 19.6 Å². The Labute approximate surface area is 87.0 Å². The molecular weight excluding hydrogens is 194 g/mol. The van der Waals surface area contributed by atoms with Gasteiger partial charge in [0.15, 0.2) is 0 Å². The van der Waals surface area contributed by atoms with Crippen LogP contribution in [0.5, 0.6) is 0 Å². The van der Waals surface area contributed by atoms with Crippen LogP contribution in [0.25, 0.3) is 0 Å². The summed E-state index contributed by atoms with van der Waals surface area (Å²) in [4.78, 5) is 13.3. The third kappa shape index (κ3) is 1.14. The molecule has 2 aliphatic heterocycles. The molecule has 0 aliphatic carbocycles. The third-order valence-electron chi connectivity index (χ3n) is 3.03. The van der Waals surface area contributed by atoms with Crippen molar-refractivity contribution in [3.05, 3.63) is 17.5 Å². The average molecular weight is 207 g/mol. The van der Waals surface area contributed by atoms with E-state index in [2.05, 4.69) is 10.4 Å². The molecule has 6 nitrogen and oxygen atoms in total. The van der Waals surface area contributed by atoms with Crippen molar-refractivity contribution in [1.29, 1.82) is 0 Å². The minimum Gasteiger partial charge on any atom is -0.329 e. The summed E-state index contributed by atoms with van der Waals surface area (Å²) in [5.41, 5.74) is 7.77. The summed E-state index contributed by atoms with van der Waals surface area (Å²) < 4.78 is 1.90. The van der Waals surface area contributed by atoms with E-state index < -0.39 is 0 Å². The molecule has 0 spiro atoms. The molecule has 3 N–H and O–H groups in total. The van der Waals surface area contributed by atoms with Gasteiger partial charge in [-0.05, 0) is 0 Å². The molecule has 3 heterocycles. The van der Waals surface area contributed by atoms with Crippen LogP contribution in [0.2, 0.25) is 0 Å². The van der Waals surface area contributed by atoms with Gasteiger partial charge in [-0.25, -0.2) is 4.79 Å². The highest BCUT2D eigenvalue weighted by atomic mass is 16.2. The van der Waals surface area contributed by atoms with E-state index in [0.717, 1.165) is 17.8 Å². The van der Waals surface area contributed by atoms with Crippen molar-refractivity contribution in [2.45, 2.75) is 19.1 Å². The highest BCUT2D eigenvalue weighted by molar-refractivity contribution is 5.78. The lowest BCUT2D eigenvalue weighted by Gasteiger charge is -2.21. The van der Waals surface area contributed by atoms with Crippen LogP contribution in [0.15, 0.2) is 6.20 Å². The first-order chi connectivity index (χ1) is 7.29. The Morgan fingerprint density at radius 1 is 1.67 bits per heavy atom. The number of carbonyl (C=O) groups excluding carboxylic acids is 1. The van der Waals surface area contributed by atoms with Crippen LogP contribution < -0.4 is 11.1 Å². The number of nitrogens with one attached hydrogen (secondary N) is 1. The predicted octanol–water partition coefficient (Wildman–Crippen LogP) is -0.578. The molecule has 1 atom stereocenters. The minimum atomic E-state index is 0.0236. The number of aromatic nitrogens is 2. The van der Waals surface area contributed by atoms with E-state index in [1.54, 1.807) is 0 Å². The van der Waals surface area contributed by atoms with Crippen LogP contribution in [-0.4, -0.2) is 33.8 Å². The molecule has 1 unspecified atom stereocenters. The van der Waals surface area contributed by atoms with Crippen LogP contribution in [0.1, 0.15) is 17.3 Å². The summed E-state index contributed by atoms with van der Waals surface area (Å²) in [6.45, 7) is 2.70. The first-order valence-electron chi connectivity index (χ1n) is 5.09. The summed E-state index contributed by atoms with van der Waals surface area (Å²) in [5, 5.41) is 7.22. The van der Waals surface area contributed by atoms with Crippen LogP contribution in [-0.2, 0) is 13.1 Å². The topological polar surface area (TPSA) is 76.2 Å². The van der Waals surface area contributed by atoms with Gasteiger partial charge >= 0.3 is 6.03 Å². The quantitative estimate of drug-likeness (QED) is 0.681. The molecule has 1 aromatic heterocycles. The third-order valence-corrected chi connectivity index (χ3v) is 3.03. The number of urea groups is 1. The van der Waals surface area contributed by atoms with Crippen molar-refractivity contribution < 1.29 is 4.79 Å². The fraction of sp³-hybridized carbons (Fsp3) is 0.556. The van der Waals surface area contributed by atoms with Gasteiger partial charge in [0, 0.05) is 18.7 Å². The summed E-state index contributed by atoms with van der Waals surface area (Å²) >= 11 is 0. The van der Waals surface area contributed by atoms with E-state index in [4.69, 9.17) is 5.73 Å². The Balaban J connectivity index is 2.00. The van der Waals surface area contributed by atoms with Gasteiger partial charge in [0.25, 0.3) is 0 Å². The fourth-order valence-corrected chi connectivity index (χ4v) is 2.29. The van der Waals surface area contributed by atoms with Gasteiger partial charge in [-0.2, -0.15) is 5.10 Å². The first-order valence-corrected chi connectivity index (χ1v) is 5.09. The maximum Gasteiger partial charge on any atom is 0.318 e. The number of carbonyl (C=O) groups is 1. The van der Waals surface area contributed by atoms with Gasteiger partial charge < -0.3 is 16.0 Å². The van der Waals surface area contributed by atoms with Crippen molar-refractivity contribution in [3.8, 4) is 0 Å². The minimum absolute atomic E-state index is 0.0236. The second kappa shape index (κ2) is 2.96. The van der Waals surface area contributed by atoms with Crippen molar-refractivity contribution >= 4 is 6.03 Å². The Morgan fingerprint density at radius 3 is 3.33 bits per heavy atom. The highest BCUT2D eigenvalue weighted by Gasteiger charge is 2.37. The molecule has 2 bridgehead atoms. The van der Waals surface area contributed by atoms with Gasteiger partial charge in [0.2, 0.25) is 0 Å². The van der Waals surface area contributed by atoms with Gasteiger partial charge in [-0.1, -0.05) is 0 Å². The zero-order chi connectivity index (χ0) is 10.4. The summed E-state index contributed by atoms with van der Waals surface area (Å²) in [6.07, 6.45) is 1.85. The SMILES string of the molecule is NCCn1ncc2c1CN1CC2NC1=O. The molecule has 3 rings (SSSR count). The molecule has 1 aromatic rings. The molecule has 0 radical (unpaired) electrons. The van der Waals surface area contributed by atoms with Gasteiger partial charge in [-0.15, -0.1) is 0 Å². The van der Waals surface area contributed by atoms with Gasteiger partial charge in [0.05, 0.1) is 31.0 Å². The monoisotopic (exact) mass is 207 g/mol. The summed E-state index contributed by atoms with van der Waals surface area (Å²) in [7, 11) is 0. The van der Waals surface area contributed by atoms with Gasteiger partial charge in [0.1, 0.15) is 0 Å². The second-order valence-corrected chi connectivity index (χ2v) is 3.94. The lowest BCUT2D eigenvalue weighted by Crippen LogP contribution is -2.29. The van der Waals surface area contributed by atoms with Crippen LogP contribution in [0.4, 0.5) is 4.79 Å². The van der Waals surface area contributed by atoms with Crippen molar-refractivity contribution in [3.63, 3.8) is 0 Å². The standard InChI is InChI=1S/C9H13N5O/c10-1-2-14-8-5-13-4-7(12-9(13)15)6(8)3-11-14/h3,7H,1-2,4-5,10H2,(H,12,15). The Bertz CT molecular complexity index is 413. The lowest BCUT2D eigenvalue weighted by atomic mass is 10.1. The largest absolute Gasteiger partial charge is 0.329 e. The van der Waals surface area contributed by atoms with Crippen molar-refractivity contribution in [1.82, 2.24) is 20.0 Å². The zero-order valence-corrected chi connectivity index (χ0v) is 8.31. The molecule has 0 aromatic carbocycles. The van der Waals surface area contributed by atoms with E-state index in [1.807, 2.05) is 15.8 Å². The summed E-state index contributed by atoms with van der Waals surface area (Å²) in [6, 6.07) is 0.142. The number of hydrogen-bond donors (Lipinski definition) is 2.